The second-order valence-corrected chi connectivity index (χ2v) is 7.23. The molecular weight excluding hydrogens is 322 g/mol. The van der Waals surface area contributed by atoms with Gasteiger partial charge in [-0.3, -0.25) is 14.6 Å². The van der Waals surface area contributed by atoms with Crippen molar-refractivity contribution < 1.29 is 4.79 Å². The summed E-state index contributed by atoms with van der Waals surface area (Å²) in [5.41, 5.74) is 4.52. The van der Waals surface area contributed by atoms with E-state index in [0.717, 1.165) is 49.5 Å². The molecule has 4 nitrogen and oxygen atoms in total. The lowest BCUT2D eigenvalue weighted by Crippen LogP contribution is -2.52. The van der Waals surface area contributed by atoms with Gasteiger partial charge in [-0.05, 0) is 37.5 Å². The van der Waals surface area contributed by atoms with E-state index < -0.39 is 0 Å². The first kappa shape index (κ1) is 18.6. The number of nitrogens with zero attached hydrogens (tertiary/aromatic N) is 2. The van der Waals surface area contributed by atoms with Gasteiger partial charge in [-0.15, -0.1) is 0 Å². The molecule has 1 aliphatic heterocycles. The van der Waals surface area contributed by atoms with Gasteiger partial charge in [0.05, 0.1) is 6.04 Å². The number of carbonyl (C=O) groups excluding carboxylic acids is 1. The van der Waals surface area contributed by atoms with Gasteiger partial charge in [0.1, 0.15) is 0 Å². The number of amides is 1. The van der Waals surface area contributed by atoms with Gasteiger partial charge < -0.3 is 5.32 Å². The monoisotopic (exact) mass is 351 g/mol. The highest BCUT2D eigenvalue weighted by Gasteiger charge is 2.26. The Morgan fingerprint density at radius 3 is 2.19 bits per heavy atom. The fourth-order valence-corrected chi connectivity index (χ4v) is 3.56. The largest absolute Gasteiger partial charge is 0.324 e. The highest BCUT2D eigenvalue weighted by Crippen LogP contribution is 2.20. The number of hydrogen-bond donors (Lipinski definition) is 1. The molecule has 138 valence electrons. The fraction of sp³-hybridized carbons (Fsp3) is 0.409. The van der Waals surface area contributed by atoms with Crippen LogP contribution < -0.4 is 5.32 Å². The smallest absolute Gasteiger partial charge is 0.241 e. The van der Waals surface area contributed by atoms with Crippen LogP contribution in [0.15, 0.2) is 48.5 Å². The van der Waals surface area contributed by atoms with E-state index in [1.54, 1.807) is 0 Å². The van der Waals surface area contributed by atoms with E-state index in [0.29, 0.717) is 0 Å². The van der Waals surface area contributed by atoms with Gasteiger partial charge >= 0.3 is 0 Å². The van der Waals surface area contributed by atoms with Crippen LogP contribution in [0.1, 0.15) is 23.6 Å². The maximum Gasteiger partial charge on any atom is 0.241 e. The van der Waals surface area contributed by atoms with Crippen LogP contribution in [0.4, 0.5) is 5.69 Å². The van der Waals surface area contributed by atoms with Crippen LogP contribution in [0.2, 0.25) is 0 Å². The second-order valence-electron chi connectivity index (χ2n) is 7.23. The number of anilines is 1. The van der Waals surface area contributed by atoms with Crippen LogP contribution in [0.5, 0.6) is 0 Å². The number of aryl methyl sites for hydroxylation is 2. The highest BCUT2D eigenvalue weighted by atomic mass is 16.2. The molecule has 1 aliphatic rings. The summed E-state index contributed by atoms with van der Waals surface area (Å²) in [5, 5.41) is 3.13. The molecule has 0 spiro atoms. The lowest BCUT2D eigenvalue weighted by Gasteiger charge is -2.37. The Bertz CT molecular complexity index is 716. The molecule has 1 heterocycles. The third-order valence-corrected chi connectivity index (χ3v) is 5.31. The molecule has 1 fully saturated rings. The number of piperazine rings is 1. The lowest BCUT2D eigenvalue weighted by molar-refractivity contribution is -0.121. The molecule has 4 heteroatoms. The summed E-state index contributed by atoms with van der Waals surface area (Å²) in [5.74, 6) is 0.0823. The van der Waals surface area contributed by atoms with Gasteiger partial charge in [0, 0.05) is 38.4 Å². The summed E-state index contributed by atoms with van der Waals surface area (Å²) in [6.45, 7) is 10.9. The third kappa shape index (κ3) is 4.51. The Balaban J connectivity index is 1.53. The molecular formula is C22H29N3O. The van der Waals surface area contributed by atoms with Crippen molar-refractivity contribution in [1.82, 2.24) is 9.80 Å². The topological polar surface area (TPSA) is 35.6 Å². The highest BCUT2D eigenvalue weighted by molar-refractivity contribution is 5.95. The normalized spacial score (nSPS) is 17.0. The third-order valence-electron chi connectivity index (χ3n) is 5.31. The first-order valence-electron chi connectivity index (χ1n) is 9.42. The van der Waals surface area contributed by atoms with Crippen LogP contribution >= 0.6 is 0 Å². The molecule has 0 radical (unpaired) electrons. The van der Waals surface area contributed by atoms with E-state index in [1.165, 1.54) is 5.56 Å². The van der Waals surface area contributed by atoms with Crippen molar-refractivity contribution in [1.29, 1.82) is 0 Å². The van der Waals surface area contributed by atoms with Crippen LogP contribution in [0.25, 0.3) is 0 Å². The number of benzene rings is 2. The van der Waals surface area contributed by atoms with Crippen LogP contribution in [-0.4, -0.2) is 47.9 Å². The van der Waals surface area contributed by atoms with Crippen LogP contribution in [0.3, 0.4) is 0 Å². The first-order valence-corrected chi connectivity index (χ1v) is 9.42. The first-order chi connectivity index (χ1) is 12.5. The predicted octanol–water partition coefficient (Wildman–Crippen LogP) is 3.45. The molecule has 1 saturated heterocycles. The molecule has 0 bridgehead atoms. The lowest BCUT2D eigenvalue weighted by atomic mass is 10.1. The number of nitrogens with one attached hydrogen (secondary N) is 1. The van der Waals surface area contributed by atoms with Crippen molar-refractivity contribution >= 4 is 11.6 Å². The van der Waals surface area contributed by atoms with E-state index in [1.807, 2.05) is 39.0 Å². The Morgan fingerprint density at radius 2 is 1.58 bits per heavy atom. The molecule has 1 atom stereocenters. The molecule has 2 aromatic carbocycles. The van der Waals surface area contributed by atoms with Crippen molar-refractivity contribution in [3.8, 4) is 0 Å². The van der Waals surface area contributed by atoms with Crippen molar-refractivity contribution in [3.05, 3.63) is 65.2 Å². The molecule has 0 saturated carbocycles. The Morgan fingerprint density at radius 1 is 0.962 bits per heavy atom. The Hall–Kier alpha value is -2.17. The molecule has 3 rings (SSSR count). The summed E-state index contributed by atoms with van der Waals surface area (Å²) >= 11 is 0. The van der Waals surface area contributed by atoms with Crippen molar-refractivity contribution in [2.24, 2.45) is 0 Å². The Kier molecular flexibility index (Phi) is 6.07. The molecule has 26 heavy (non-hydrogen) atoms. The zero-order valence-electron chi connectivity index (χ0n) is 16.0. The minimum Gasteiger partial charge on any atom is -0.324 e. The summed E-state index contributed by atoms with van der Waals surface area (Å²) in [4.78, 5) is 17.5. The van der Waals surface area contributed by atoms with Gasteiger partial charge in [-0.1, -0.05) is 48.5 Å². The van der Waals surface area contributed by atoms with E-state index in [-0.39, 0.29) is 11.9 Å². The maximum absolute atomic E-state index is 12.7. The van der Waals surface area contributed by atoms with Gasteiger partial charge in [0.2, 0.25) is 5.91 Å². The van der Waals surface area contributed by atoms with E-state index in [9.17, 15) is 4.79 Å². The average molecular weight is 351 g/mol. The number of rotatable bonds is 5. The number of hydrogen-bond acceptors (Lipinski definition) is 3. The van der Waals surface area contributed by atoms with Gasteiger partial charge in [-0.2, -0.15) is 0 Å². The quantitative estimate of drug-likeness (QED) is 0.896. The van der Waals surface area contributed by atoms with E-state index in [4.69, 9.17) is 0 Å². The molecule has 1 unspecified atom stereocenters. The van der Waals surface area contributed by atoms with Gasteiger partial charge in [0.15, 0.2) is 0 Å². The van der Waals surface area contributed by atoms with Crippen molar-refractivity contribution in [2.75, 3.05) is 31.5 Å². The summed E-state index contributed by atoms with van der Waals surface area (Å²) in [7, 11) is 0. The zero-order valence-corrected chi connectivity index (χ0v) is 16.0. The predicted molar refractivity (Wildman–Crippen MR) is 107 cm³/mol. The van der Waals surface area contributed by atoms with Crippen LogP contribution in [0, 0.1) is 13.8 Å². The maximum atomic E-state index is 12.7. The molecule has 1 N–H and O–H groups in total. The molecule has 0 aromatic heterocycles. The van der Waals surface area contributed by atoms with Crippen molar-refractivity contribution in [2.45, 2.75) is 33.4 Å². The van der Waals surface area contributed by atoms with E-state index >= 15 is 0 Å². The van der Waals surface area contributed by atoms with Crippen molar-refractivity contribution in [3.63, 3.8) is 0 Å². The minimum atomic E-state index is -0.118. The second kappa shape index (κ2) is 8.47. The summed E-state index contributed by atoms with van der Waals surface area (Å²) < 4.78 is 0. The summed E-state index contributed by atoms with van der Waals surface area (Å²) in [6.07, 6.45) is 0. The zero-order chi connectivity index (χ0) is 18.5. The summed E-state index contributed by atoms with van der Waals surface area (Å²) in [6, 6.07) is 16.6. The van der Waals surface area contributed by atoms with Gasteiger partial charge in [-0.25, -0.2) is 0 Å². The molecule has 2 aromatic rings. The number of para-hydroxylation sites is 1. The van der Waals surface area contributed by atoms with E-state index in [2.05, 4.69) is 45.4 Å². The minimum absolute atomic E-state index is 0.0823. The standard InChI is InChI=1S/C22H29N3O/c1-17-8-7-9-18(2)21(17)23-22(26)19(3)25-14-12-24(13-15-25)16-20-10-5-4-6-11-20/h4-11,19H,12-16H2,1-3H3,(H,23,26). The van der Waals surface area contributed by atoms with Gasteiger partial charge in [0.25, 0.3) is 0 Å². The Labute approximate surface area is 156 Å². The van der Waals surface area contributed by atoms with Crippen LogP contribution in [-0.2, 0) is 11.3 Å². The molecule has 1 amide bonds. The molecule has 0 aliphatic carbocycles. The fourth-order valence-electron chi connectivity index (χ4n) is 3.56. The average Bonchev–Trinajstić information content (AvgIpc) is 2.65. The SMILES string of the molecule is Cc1cccc(C)c1NC(=O)C(C)N1CCN(Cc2ccccc2)CC1. The number of carbonyl (C=O) groups is 1.